The zero-order chi connectivity index (χ0) is 35.4. The van der Waals surface area contributed by atoms with Crippen molar-refractivity contribution in [3.63, 3.8) is 0 Å². The summed E-state index contributed by atoms with van der Waals surface area (Å²) < 4.78 is 32.9. The molecule has 1 aromatic carbocycles. The number of benzene rings is 1. The minimum Gasteiger partial charge on any atom is -0.444 e. The molecule has 0 spiro atoms. The lowest BCUT2D eigenvalue weighted by Gasteiger charge is -2.64. The van der Waals surface area contributed by atoms with E-state index < -0.39 is 36.8 Å². The van der Waals surface area contributed by atoms with Crippen LogP contribution in [0.3, 0.4) is 0 Å². The SMILES string of the molecule is CC1(C)CCN(C(C)(C)C=CC(C#N)C(=O)N2CCC[C@H](OC(=O)N[C@@H](Cc3ccc(F)cc3)B3O[C@@H]4CC5CC(C5(C)C)[C@]4(C)O3)C2)C1. The van der Waals surface area contributed by atoms with E-state index in [2.05, 4.69) is 64.8 Å². The lowest BCUT2D eigenvalue weighted by molar-refractivity contribution is -0.199. The van der Waals surface area contributed by atoms with Crippen LogP contribution in [0.5, 0.6) is 0 Å². The zero-order valence-corrected chi connectivity index (χ0v) is 30.3. The topological polar surface area (TPSA) is 104 Å². The molecule has 9 nitrogen and oxygen atoms in total. The van der Waals surface area contributed by atoms with Gasteiger partial charge >= 0.3 is 13.2 Å². The van der Waals surface area contributed by atoms with E-state index in [9.17, 15) is 19.2 Å². The number of amides is 2. The smallest absolute Gasteiger partial charge is 0.444 e. The van der Waals surface area contributed by atoms with Gasteiger partial charge in [0, 0.05) is 18.6 Å². The number of carbonyl (C=O) groups excluding carboxylic acids is 2. The van der Waals surface area contributed by atoms with Crippen LogP contribution in [0.15, 0.2) is 36.4 Å². The van der Waals surface area contributed by atoms with Crippen molar-refractivity contribution in [1.29, 1.82) is 5.26 Å². The molecule has 6 fully saturated rings. The first-order chi connectivity index (χ1) is 23.0. The Kier molecular flexibility index (Phi) is 9.75. The monoisotopic (exact) mass is 676 g/mol. The Labute approximate surface area is 292 Å². The molecule has 1 N–H and O–H groups in total. The van der Waals surface area contributed by atoms with E-state index in [0.717, 1.165) is 37.9 Å². The third-order valence-electron chi connectivity index (χ3n) is 12.5. The summed E-state index contributed by atoms with van der Waals surface area (Å²) in [4.78, 5) is 31.0. The summed E-state index contributed by atoms with van der Waals surface area (Å²) in [6, 6.07) is 8.41. The molecule has 3 saturated carbocycles. The largest absolute Gasteiger partial charge is 0.482 e. The number of ether oxygens (including phenoxy) is 1. The molecule has 7 atom stereocenters. The van der Waals surface area contributed by atoms with E-state index in [1.165, 1.54) is 12.1 Å². The molecule has 3 saturated heterocycles. The lowest BCUT2D eigenvalue weighted by Crippen LogP contribution is -2.65. The highest BCUT2D eigenvalue weighted by Gasteiger charge is 2.68. The van der Waals surface area contributed by atoms with Crippen molar-refractivity contribution >= 4 is 19.1 Å². The molecule has 0 aromatic heterocycles. The highest BCUT2D eigenvalue weighted by atomic mass is 19.1. The normalized spacial score (nSPS) is 31.8. The van der Waals surface area contributed by atoms with Crippen LogP contribution in [0.2, 0.25) is 0 Å². The molecule has 3 unspecified atom stereocenters. The first-order valence-electron chi connectivity index (χ1n) is 18.2. The van der Waals surface area contributed by atoms with E-state index >= 15 is 0 Å². The van der Waals surface area contributed by atoms with E-state index in [1.54, 1.807) is 23.1 Å². The number of hydrogen-bond acceptors (Lipinski definition) is 7. The zero-order valence-electron chi connectivity index (χ0n) is 30.3. The van der Waals surface area contributed by atoms with Crippen molar-refractivity contribution in [2.24, 2.45) is 28.6 Å². The van der Waals surface area contributed by atoms with Gasteiger partial charge in [0.25, 0.3) is 0 Å². The summed E-state index contributed by atoms with van der Waals surface area (Å²) in [6.07, 6.45) is 7.31. The van der Waals surface area contributed by atoms with Gasteiger partial charge in [0.05, 0.1) is 30.3 Å². The fourth-order valence-electron chi connectivity index (χ4n) is 9.15. The van der Waals surface area contributed by atoms with Gasteiger partial charge in [0.2, 0.25) is 5.91 Å². The maximum absolute atomic E-state index is 13.7. The van der Waals surface area contributed by atoms with Crippen molar-refractivity contribution in [1.82, 2.24) is 15.1 Å². The Morgan fingerprint density at radius 3 is 2.57 bits per heavy atom. The molecular weight excluding hydrogens is 622 g/mol. The second-order valence-electron chi connectivity index (χ2n) is 17.3. The summed E-state index contributed by atoms with van der Waals surface area (Å²) in [5, 5.41) is 13.0. The number of piperidine rings is 1. The van der Waals surface area contributed by atoms with Crippen LogP contribution < -0.4 is 5.32 Å². The molecule has 0 radical (unpaired) electrons. The van der Waals surface area contributed by atoms with Crippen LogP contribution >= 0.6 is 0 Å². The Morgan fingerprint density at radius 1 is 1.18 bits per heavy atom. The first-order valence-corrected chi connectivity index (χ1v) is 18.2. The minimum atomic E-state index is -0.917. The maximum atomic E-state index is 13.7. The average molecular weight is 677 g/mol. The summed E-state index contributed by atoms with van der Waals surface area (Å²) in [5.41, 5.74) is 0.527. The number of likely N-dealkylation sites (tertiary alicyclic amines) is 2. The van der Waals surface area contributed by atoms with Gasteiger partial charge in [-0.15, -0.1) is 0 Å². The quantitative estimate of drug-likeness (QED) is 0.256. The van der Waals surface area contributed by atoms with Crippen LogP contribution in [0, 0.1) is 45.7 Å². The highest BCUT2D eigenvalue weighted by molar-refractivity contribution is 6.47. The average Bonchev–Trinajstić information content (AvgIpc) is 3.61. The third kappa shape index (κ3) is 7.29. The number of nitrogens with zero attached hydrogens (tertiary/aromatic N) is 3. The lowest BCUT2D eigenvalue weighted by atomic mass is 9.43. The number of nitrogens with one attached hydrogen (secondary N) is 1. The van der Waals surface area contributed by atoms with Crippen molar-refractivity contribution < 1.29 is 28.0 Å². The fraction of sp³-hybridized carbons (Fsp3) is 0.711. The van der Waals surface area contributed by atoms with E-state index in [-0.39, 0.29) is 40.7 Å². The molecule has 3 aliphatic heterocycles. The van der Waals surface area contributed by atoms with Gasteiger partial charge in [-0.3, -0.25) is 9.69 Å². The van der Waals surface area contributed by atoms with E-state index in [0.29, 0.717) is 37.6 Å². The van der Waals surface area contributed by atoms with Gasteiger partial charge in [-0.2, -0.15) is 5.26 Å². The van der Waals surface area contributed by atoms with Crippen molar-refractivity contribution in [2.75, 3.05) is 26.2 Å². The number of nitriles is 1. The number of halogens is 1. The predicted molar refractivity (Wildman–Crippen MR) is 186 cm³/mol. The van der Waals surface area contributed by atoms with Gasteiger partial charge in [-0.25, -0.2) is 9.18 Å². The molecule has 2 bridgehead atoms. The number of carbonyl (C=O) groups is 2. The molecule has 3 heterocycles. The number of alkyl carbamates (subject to hydrolysis) is 1. The van der Waals surface area contributed by atoms with Crippen molar-refractivity contribution in [2.45, 2.75) is 116 Å². The van der Waals surface area contributed by atoms with Gasteiger partial charge < -0.3 is 24.3 Å². The molecule has 7 rings (SSSR count). The van der Waals surface area contributed by atoms with Gasteiger partial charge in [0.1, 0.15) is 17.8 Å². The van der Waals surface area contributed by atoms with Crippen molar-refractivity contribution in [3.05, 3.63) is 47.8 Å². The summed E-state index contributed by atoms with van der Waals surface area (Å²) in [5.74, 6) is -1.14. The molecule has 2 amide bonds. The molecular formula is C38H54BFN4O5. The van der Waals surface area contributed by atoms with E-state index in [1.807, 2.05) is 6.08 Å². The maximum Gasteiger partial charge on any atom is 0.482 e. The summed E-state index contributed by atoms with van der Waals surface area (Å²) >= 11 is 0. The summed E-state index contributed by atoms with van der Waals surface area (Å²) in [7, 11) is -0.689. The molecule has 49 heavy (non-hydrogen) atoms. The predicted octanol–water partition coefficient (Wildman–Crippen LogP) is 5.93. The molecule has 11 heteroatoms. The summed E-state index contributed by atoms with van der Waals surface area (Å²) in [6.45, 7) is 18.2. The molecule has 1 aromatic rings. The van der Waals surface area contributed by atoms with Gasteiger partial charge in [-0.05, 0) is 106 Å². The Balaban J connectivity index is 1.08. The van der Waals surface area contributed by atoms with Crippen LogP contribution in [-0.2, 0) is 25.3 Å². The Hall–Kier alpha value is -2.94. The van der Waals surface area contributed by atoms with Crippen LogP contribution in [0.25, 0.3) is 0 Å². The second-order valence-corrected chi connectivity index (χ2v) is 17.3. The highest BCUT2D eigenvalue weighted by Crippen LogP contribution is 2.65. The van der Waals surface area contributed by atoms with Crippen LogP contribution in [0.4, 0.5) is 9.18 Å². The number of hydrogen-bond donors (Lipinski definition) is 1. The Bertz CT molecular complexity index is 1480. The van der Waals surface area contributed by atoms with Gasteiger partial charge in [-0.1, -0.05) is 52.0 Å². The Morgan fingerprint density at radius 2 is 1.92 bits per heavy atom. The molecule has 266 valence electrons. The minimum absolute atomic E-state index is 0.0596. The molecule has 3 aliphatic carbocycles. The van der Waals surface area contributed by atoms with Crippen LogP contribution in [0.1, 0.15) is 86.1 Å². The van der Waals surface area contributed by atoms with Crippen LogP contribution in [-0.4, -0.2) is 84.4 Å². The fourth-order valence-corrected chi connectivity index (χ4v) is 9.15. The third-order valence-corrected chi connectivity index (χ3v) is 12.5. The first kappa shape index (κ1) is 35.9. The van der Waals surface area contributed by atoms with E-state index in [4.69, 9.17) is 14.0 Å². The van der Waals surface area contributed by atoms with Gasteiger partial charge in [0.15, 0.2) is 0 Å². The number of rotatable bonds is 9. The molecule has 6 aliphatic rings. The standard InChI is InChI=1S/C38H54BFN4O5/c1-35(2)16-18-44(24-35)36(3,4)15-14-26(22-41)33(45)43-17-8-9-29(23-43)47-34(46)42-32(19-25-10-12-28(40)13-11-25)39-48-31-21-27-20-30(37(27,5)6)38(31,7)49-39/h10-15,26-27,29-32H,8-9,16-21,23-24H2,1-7H3,(H,42,46)/t26?,27?,29-,30?,31+,32-,38-/m0/s1. The second kappa shape index (κ2) is 13.3. The van der Waals surface area contributed by atoms with Crippen molar-refractivity contribution in [3.8, 4) is 6.07 Å².